The van der Waals surface area contributed by atoms with Crippen molar-refractivity contribution in [2.45, 2.75) is 25.4 Å². The van der Waals surface area contributed by atoms with Crippen molar-refractivity contribution in [1.29, 1.82) is 0 Å². The molecule has 1 saturated heterocycles. The highest BCUT2D eigenvalue weighted by molar-refractivity contribution is 6.35. The van der Waals surface area contributed by atoms with Crippen LogP contribution in [0.4, 0.5) is 0 Å². The number of benzene rings is 1. The lowest BCUT2D eigenvalue weighted by molar-refractivity contribution is -0.134. The van der Waals surface area contributed by atoms with Gasteiger partial charge < -0.3 is 5.32 Å². The fourth-order valence-corrected chi connectivity index (χ4v) is 2.26. The van der Waals surface area contributed by atoms with E-state index in [1.165, 1.54) is 0 Å². The lowest BCUT2D eigenvalue weighted by Gasteiger charge is -2.22. The van der Waals surface area contributed by atoms with Crippen LogP contribution >= 0.6 is 35.6 Å². The Hall–Kier alpha value is -0.810. The second-order valence-electron chi connectivity index (χ2n) is 4.12. The molecule has 0 aliphatic carbocycles. The van der Waals surface area contributed by atoms with Gasteiger partial charge in [0.15, 0.2) is 0 Å². The van der Waals surface area contributed by atoms with Gasteiger partial charge in [-0.15, -0.1) is 12.4 Å². The zero-order valence-electron chi connectivity index (χ0n) is 9.91. The molecule has 4 nitrogen and oxygen atoms in total. The third-order valence-electron chi connectivity index (χ3n) is 2.79. The second-order valence-corrected chi connectivity index (χ2v) is 4.96. The van der Waals surface area contributed by atoms with Gasteiger partial charge in [-0.3, -0.25) is 14.9 Å². The van der Waals surface area contributed by atoms with Crippen molar-refractivity contribution in [3.8, 4) is 0 Å². The number of halogens is 3. The molecule has 1 atom stereocenters. The molecule has 0 aromatic heterocycles. The number of rotatable bonds is 3. The number of carbonyl (C=O) groups excluding carboxylic acids is 2. The lowest BCUT2D eigenvalue weighted by Crippen LogP contribution is -2.50. The first-order valence-electron chi connectivity index (χ1n) is 5.57. The maximum absolute atomic E-state index is 11.5. The first-order valence-corrected chi connectivity index (χ1v) is 6.33. The summed E-state index contributed by atoms with van der Waals surface area (Å²) in [6, 6.07) is 4.86. The number of nitrogens with one attached hydrogen (secondary N) is 2. The number of imide groups is 1. The number of carbonyl (C=O) groups is 2. The average molecular weight is 324 g/mol. The van der Waals surface area contributed by atoms with Crippen LogP contribution < -0.4 is 10.6 Å². The van der Waals surface area contributed by atoms with Crippen molar-refractivity contribution in [1.82, 2.24) is 10.6 Å². The maximum Gasteiger partial charge on any atom is 0.243 e. The van der Waals surface area contributed by atoms with Crippen LogP contribution in [0.1, 0.15) is 18.4 Å². The summed E-state index contributed by atoms with van der Waals surface area (Å²) in [6.45, 7) is 0.461. The van der Waals surface area contributed by atoms with E-state index in [1.807, 2.05) is 6.07 Å². The molecular formula is C12H13Cl3N2O2. The molecule has 1 fully saturated rings. The Kier molecular flexibility index (Phi) is 6.07. The molecule has 0 bridgehead atoms. The molecule has 0 spiro atoms. The number of hydrogen-bond acceptors (Lipinski definition) is 3. The Bertz CT molecular complexity index is 494. The van der Waals surface area contributed by atoms with E-state index in [2.05, 4.69) is 10.6 Å². The molecule has 1 aromatic carbocycles. The molecule has 104 valence electrons. The van der Waals surface area contributed by atoms with Gasteiger partial charge >= 0.3 is 0 Å². The zero-order chi connectivity index (χ0) is 13.1. The van der Waals surface area contributed by atoms with Gasteiger partial charge in [-0.1, -0.05) is 29.3 Å². The third kappa shape index (κ3) is 4.35. The average Bonchev–Trinajstić information content (AvgIpc) is 2.30. The molecule has 1 aliphatic rings. The molecule has 1 unspecified atom stereocenters. The van der Waals surface area contributed by atoms with Gasteiger partial charge in [0, 0.05) is 23.0 Å². The minimum Gasteiger partial charge on any atom is -0.302 e. The summed E-state index contributed by atoms with van der Waals surface area (Å²) in [6.07, 6.45) is 0.869. The summed E-state index contributed by atoms with van der Waals surface area (Å²) >= 11 is 11.8. The zero-order valence-corrected chi connectivity index (χ0v) is 12.2. The molecule has 1 aromatic rings. The number of piperidine rings is 1. The highest BCUT2D eigenvalue weighted by atomic mass is 35.5. The van der Waals surface area contributed by atoms with Crippen molar-refractivity contribution in [2.24, 2.45) is 0 Å². The van der Waals surface area contributed by atoms with Gasteiger partial charge in [0.25, 0.3) is 0 Å². The summed E-state index contributed by atoms with van der Waals surface area (Å²) in [5.74, 6) is -0.501. The molecule has 2 amide bonds. The quantitative estimate of drug-likeness (QED) is 0.839. The molecule has 19 heavy (non-hydrogen) atoms. The Morgan fingerprint density at radius 3 is 2.68 bits per heavy atom. The smallest absolute Gasteiger partial charge is 0.243 e. The van der Waals surface area contributed by atoms with E-state index in [1.54, 1.807) is 12.1 Å². The Labute approximate surface area is 127 Å². The Morgan fingerprint density at radius 1 is 1.32 bits per heavy atom. The highest BCUT2D eigenvalue weighted by Crippen LogP contribution is 2.21. The van der Waals surface area contributed by atoms with Crippen LogP contribution in [0, 0.1) is 0 Å². The van der Waals surface area contributed by atoms with Gasteiger partial charge in [0.05, 0.1) is 6.04 Å². The minimum absolute atomic E-state index is 0. The van der Waals surface area contributed by atoms with E-state index >= 15 is 0 Å². The topological polar surface area (TPSA) is 58.2 Å². The van der Waals surface area contributed by atoms with E-state index < -0.39 is 0 Å². The first kappa shape index (κ1) is 16.2. The summed E-state index contributed by atoms with van der Waals surface area (Å²) < 4.78 is 0. The molecule has 1 heterocycles. The van der Waals surface area contributed by atoms with Crippen molar-refractivity contribution >= 4 is 47.4 Å². The summed E-state index contributed by atoms with van der Waals surface area (Å²) in [5.41, 5.74) is 0.866. The fraction of sp³-hybridized carbons (Fsp3) is 0.333. The van der Waals surface area contributed by atoms with Crippen LogP contribution in [0.25, 0.3) is 0 Å². The predicted octanol–water partition coefficient (Wildman–Crippen LogP) is 2.31. The third-order valence-corrected chi connectivity index (χ3v) is 3.38. The first-order chi connectivity index (χ1) is 8.56. The summed E-state index contributed by atoms with van der Waals surface area (Å²) in [5, 5.41) is 6.50. The van der Waals surface area contributed by atoms with Crippen LogP contribution in [0.2, 0.25) is 10.0 Å². The standard InChI is InChI=1S/C12H12Cl2N2O2.ClH/c13-8-2-1-7(9(14)5-8)6-15-10-3-4-11(17)16-12(10)18;/h1-2,5,10,15H,3-4,6H2,(H,16,17,18);1H. The van der Waals surface area contributed by atoms with Crippen LogP contribution in [0.5, 0.6) is 0 Å². The molecule has 0 radical (unpaired) electrons. The highest BCUT2D eigenvalue weighted by Gasteiger charge is 2.25. The van der Waals surface area contributed by atoms with E-state index in [4.69, 9.17) is 23.2 Å². The molecule has 7 heteroatoms. The van der Waals surface area contributed by atoms with E-state index in [0.717, 1.165) is 5.56 Å². The molecule has 1 aliphatic heterocycles. The molecule has 0 saturated carbocycles. The van der Waals surface area contributed by atoms with Crippen LogP contribution in [0.3, 0.4) is 0 Å². The lowest BCUT2D eigenvalue weighted by atomic mass is 10.1. The maximum atomic E-state index is 11.5. The van der Waals surface area contributed by atoms with Gasteiger partial charge in [-0.25, -0.2) is 0 Å². The molecule has 2 N–H and O–H groups in total. The molecular weight excluding hydrogens is 311 g/mol. The fourth-order valence-electron chi connectivity index (χ4n) is 1.79. The van der Waals surface area contributed by atoms with E-state index in [-0.39, 0.29) is 30.3 Å². The second kappa shape index (κ2) is 7.10. The number of amides is 2. The van der Waals surface area contributed by atoms with Gasteiger partial charge in [0.1, 0.15) is 0 Å². The van der Waals surface area contributed by atoms with Gasteiger partial charge in [0.2, 0.25) is 11.8 Å². The monoisotopic (exact) mass is 322 g/mol. The number of hydrogen-bond donors (Lipinski definition) is 2. The van der Waals surface area contributed by atoms with Crippen molar-refractivity contribution in [2.75, 3.05) is 0 Å². The Balaban J connectivity index is 0.00000180. The summed E-state index contributed by atoms with van der Waals surface area (Å²) in [4.78, 5) is 22.5. The Morgan fingerprint density at radius 2 is 2.05 bits per heavy atom. The van der Waals surface area contributed by atoms with Crippen LogP contribution in [-0.2, 0) is 16.1 Å². The van der Waals surface area contributed by atoms with Crippen LogP contribution in [-0.4, -0.2) is 17.9 Å². The SMILES string of the molecule is Cl.O=C1CCC(NCc2ccc(Cl)cc2Cl)C(=O)N1. The van der Waals surface area contributed by atoms with Gasteiger partial charge in [-0.2, -0.15) is 0 Å². The van der Waals surface area contributed by atoms with E-state index in [0.29, 0.717) is 29.4 Å². The minimum atomic E-state index is -0.352. The van der Waals surface area contributed by atoms with Crippen molar-refractivity contribution < 1.29 is 9.59 Å². The van der Waals surface area contributed by atoms with Crippen molar-refractivity contribution in [3.05, 3.63) is 33.8 Å². The normalized spacial score (nSPS) is 18.7. The van der Waals surface area contributed by atoms with Gasteiger partial charge in [-0.05, 0) is 24.1 Å². The van der Waals surface area contributed by atoms with E-state index in [9.17, 15) is 9.59 Å². The van der Waals surface area contributed by atoms with Crippen LogP contribution in [0.15, 0.2) is 18.2 Å². The largest absolute Gasteiger partial charge is 0.302 e. The predicted molar refractivity (Wildman–Crippen MR) is 76.7 cm³/mol. The van der Waals surface area contributed by atoms with Crippen molar-refractivity contribution in [3.63, 3.8) is 0 Å². The molecule has 2 rings (SSSR count). The summed E-state index contributed by atoms with van der Waals surface area (Å²) in [7, 11) is 0.